The van der Waals surface area contributed by atoms with Crippen molar-refractivity contribution in [2.75, 3.05) is 47.5 Å². The number of allylic oxidation sites excluding steroid dienone is 18. The van der Waals surface area contributed by atoms with E-state index in [0.717, 1.165) is 103 Å². The molecule has 0 aliphatic carbocycles. The van der Waals surface area contributed by atoms with Crippen molar-refractivity contribution in [1.29, 1.82) is 0 Å². The third-order valence-electron chi connectivity index (χ3n) is 14.8. The van der Waals surface area contributed by atoms with Gasteiger partial charge in [-0.3, -0.25) is 14.2 Å². The number of nitrogens with zero attached hydrogens (tertiary/aromatic N) is 1. The fourth-order valence-corrected chi connectivity index (χ4v) is 10.2. The van der Waals surface area contributed by atoms with E-state index in [2.05, 4.69) is 123 Å². The third kappa shape index (κ3) is 67.8. The second-order valence-corrected chi connectivity index (χ2v) is 25.6. The maximum Gasteiger partial charge on any atom is 0.306 e. The lowest BCUT2D eigenvalue weighted by Gasteiger charge is -2.28. The van der Waals surface area contributed by atoms with E-state index in [9.17, 15) is 19.0 Å². The number of ether oxygens (including phenoxy) is 2. The van der Waals surface area contributed by atoms with E-state index in [-0.39, 0.29) is 32.0 Å². The minimum absolute atomic E-state index is 0.0393. The number of esters is 2. The minimum atomic E-state index is -4.65. The zero-order valence-corrected chi connectivity index (χ0v) is 56.0. The van der Waals surface area contributed by atoms with Gasteiger partial charge in [0.05, 0.1) is 27.7 Å². The van der Waals surface area contributed by atoms with Crippen LogP contribution in [0.3, 0.4) is 0 Å². The molecule has 0 aromatic rings. The summed E-state index contributed by atoms with van der Waals surface area (Å²) in [6.45, 7) is 4.11. The van der Waals surface area contributed by atoms with Crippen LogP contribution < -0.4 is 4.89 Å². The molecule has 0 aliphatic heterocycles. The Labute approximate surface area is 518 Å². The minimum Gasteiger partial charge on any atom is -0.756 e. The summed E-state index contributed by atoms with van der Waals surface area (Å²) in [4.78, 5) is 38.0. The Morgan fingerprint density at radius 2 is 0.679 bits per heavy atom. The Balaban J connectivity index is 4.08. The fraction of sp³-hybridized carbons (Fsp3) is 0.730. The van der Waals surface area contributed by atoms with E-state index < -0.39 is 26.5 Å². The highest BCUT2D eigenvalue weighted by atomic mass is 31.2. The van der Waals surface area contributed by atoms with Gasteiger partial charge >= 0.3 is 11.9 Å². The number of rotatable bonds is 63. The van der Waals surface area contributed by atoms with Gasteiger partial charge in [-0.25, -0.2) is 0 Å². The summed E-state index contributed by atoms with van der Waals surface area (Å²) in [6.07, 6.45) is 90.3. The molecule has 484 valence electrons. The van der Waals surface area contributed by atoms with Crippen molar-refractivity contribution < 1.29 is 42.1 Å². The molecule has 0 aromatic carbocycles. The third-order valence-corrected chi connectivity index (χ3v) is 15.7. The van der Waals surface area contributed by atoms with E-state index in [1.807, 2.05) is 21.1 Å². The lowest BCUT2D eigenvalue weighted by Crippen LogP contribution is -2.37. The zero-order chi connectivity index (χ0) is 61.2. The summed E-state index contributed by atoms with van der Waals surface area (Å²) in [5, 5.41) is 0. The van der Waals surface area contributed by atoms with Crippen LogP contribution in [-0.2, 0) is 32.7 Å². The molecule has 0 saturated heterocycles. The van der Waals surface area contributed by atoms with Crippen molar-refractivity contribution >= 4 is 19.8 Å². The van der Waals surface area contributed by atoms with Gasteiger partial charge in [0.15, 0.2) is 6.10 Å². The number of quaternary nitrogens is 1. The summed E-state index contributed by atoms with van der Waals surface area (Å²) in [5.74, 6) is -0.852. The highest BCUT2D eigenvalue weighted by molar-refractivity contribution is 7.45. The molecule has 84 heavy (non-hydrogen) atoms. The van der Waals surface area contributed by atoms with Crippen LogP contribution in [-0.4, -0.2) is 70.0 Å². The molecule has 0 saturated carbocycles. The molecule has 2 unspecified atom stereocenters. The standard InChI is InChI=1S/C74H130NO8P/c1-6-8-10-12-14-16-18-20-22-24-26-28-30-32-34-35-36-37-38-39-41-42-44-46-48-50-52-54-56-58-60-62-64-66-73(76)80-70-72(71-82-84(78,79)81-69-68-75(3,4)5)83-74(77)67-65-63-61-59-57-55-53-51-49-47-45-43-40-33-31-29-27-25-23-21-19-17-15-13-11-9-7-2/h9,11,15,17-18,20-21,23-24,26-27,29,33,40,45,47,51,53,72H,6-8,10,12-14,16,19,22,25,28,30-32,34-39,41-44,46,48-50,52,54-71H2,1-5H3/b11-9-,17-15-,20-18-,23-21-,26-24-,29-27-,40-33-,47-45-,53-51-. The molecule has 0 aromatic heterocycles. The van der Waals surface area contributed by atoms with Gasteiger partial charge in [-0.1, -0.05) is 290 Å². The van der Waals surface area contributed by atoms with Gasteiger partial charge in [-0.2, -0.15) is 0 Å². The predicted octanol–water partition coefficient (Wildman–Crippen LogP) is 21.9. The number of carbonyl (C=O) groups excluding carboxylic acids is 2. The SMILES string of the molecule is CC/C=C\C/C=C\C/C=C\C/C=C\C/C=C\C/C=C\C/C=C\CCCCCCCC(=O)OC(COC(=O)CCCCCCCCCCCCCCCCCCCCCCC/C=C\C/C=C\CCCCCCC)COP(=O)([O-])OCC[N+](C)(C)C. The Hall–Kier alpha value is -3.33. The first-order valence-electron chi connectivity index (χ1n) is 34.6. The molecular weight excluding hydrogens is 1060 g/mol. The summed E-state index contributed by atoms with van der Waals surface area (Å²) in [6, 6.07) is 0. The number of hydrogen-bond donors (Lipinski definition) is 0. The second-order valence-electron chi connectivity index (χ2n) is 24.2. The Morgan fingerprint density at radius 3 is 1.01 bits per heavy atom. The van der Waals surface area contributed by atoms with E-state index >= 15 is 0 Å². The van der Waals surface area contributed by atoms with E-state index in [1.54, 1.807) is 0 Å². The van der Waals surface area contributed by atoms with Crippen LogP contribution in [0.25, 0.3) is 0 Å². The van der Waals surface area contributed by atoms with Crippen LogP contribution in [0.2, 0.25) is 0 Å². The molecule has 0 fully saturated rings. The molecule has 0 N–H and O–H groups in total. The summed E-state index contributed by atoms with van der Waals surface area (Å²) in [5.41, 5.74) is 0. The molecule has 2 atom stereocenters. The normalized spacial score (nSPS) is 13.8. The lowest BCUT2D eigenvalue weighted by molar-refractivity contribution is -0.870. The quantitative estimate of drug-likeness (QED) is 0.0195. The fourth-order valence-electron chi connectivity index (χ4n) is 9.49. The van der Waals surface area contributed by atoms with Crippen LogP contribution in [0.15, 0.2) is 109 Å². The number of carbonyl (C=O) groups is 2. The largest absolute Gasteiger partial charge is 0.756 e. The van der Waals surface area contributed by atoms with Crippen molar-refractivity contribution in [1.82, 2.24) is 0 Å². The molecule has 9 nitrogen and oxygen atoms in total. The maximum absolute atomic E-state index is 12.8. The molecule has 0 radical (unpaired) electrons. The number of phosphoric ester groups is 1. The smallest absolute Gasteiger partial charge is 0.306 e. The van der Waals surface area contributed by atoms with E-state index in [1.165, 1.54) is 161 Å². The highest BCUT2D eigenvalue weighted by Gasteiger charge is 2.22. The predicted molar refractivity (Wildman–Crippen MR) is 360 cm³/mol. The molecule has 0 spiro atoms. The van der Waals surface area contributed by atoms with Gasteiger partial charge in [0.25, 0.3) is 7.82 Å². The molecule has 0 heterocycles. The summed E-state index contributed by atoms with van der Waals surface area (Å²) in [7, 11) is 1.15. The Bertz CT molecular complexity index is 1790. The van der Waals surface area contributed by atoms with Crippen LogP contribution in [0, 0.1) is 0 Å². The van der Waals surface area contributed by atoms with Gasteiger partial charge < -0.3 is 27.9 Å². The number of unbranched alkanes of at least 4 members (excludes halogenated alkanes) is 31. The lowest BCUT2D eigenvalue weighted by atomic mass is 10.0. The zero-order valence-electron chi connectivity index (χ0n) is 55.1. The molecule has 0 rings (SSSR count). The van der Waals surface area contributed by atoms with Gasteiger partial charge in [0.2, 0.25) is 0 Å². The molecule has 0 amide bonds. The summed E-state index contributed by atoms with van der Waals surface area (Å²) >= 11 is 0. The molecule has 10 heteroatoms. The van der Waals surface area contributed by atoms with Gasteiger partial charge in [0, 0.05) is 12.8 Å². The first-order valence-corrected chi connectivity index (χ1v) is 36.1. The Kier molecular flexibility index (Phi) is 61.6. The Morgan fingerprint density at radius 1 is 0.381 bits per heavy atom. The van der Waals surface area contributed by atoms with Gasteiger partial charge in [-0.15, -0.1) is 0 Å². The summed E-state index contributed by atoms with van der Waals surface area (Å²) < 4.78 is 34.3. The number of likely N-dealkylation sites (N-methyl/N-ethyl adjacent to an activating group) is 1. The van der Waals surface area contributed by atoms with Gasteiger partial charge in [-0.05, 0) is 103 Å². The first-order chi connectivity index (χ1) is 41.0. The monoisotopic (exact) mass is 1190 g/mol. The van der Waals surface area contributed by atoms with Crippen molar-refractivity contribution in [2.24, 2.45) is 0 Å². The topological polar surface area (TPSA) is 111 Å². The molecule has 0 aliphatic rings. The van der Waals surface area contributed by atoms with E-state index in [4.69, 9.17) is 18.5 Å². The number of hydrogen-bond acceptors (Lipinski definition) is 8. The molecular formula is C74H130NO8P. The van der Waals surface area contributed by atoms with Crippen molar-refractivity contribution in [3.8, 4) is 0 Å². The van der Waals surface area contributed by atoms with Crippen molar-refractivity contribution in [3.63, 3.8) is 0 Å². The highest BCUT2D eigenvalue weighted by Crippen LogP contribution is 2.38. The van der Waals surface area contributed by atoms with E-state index in [0.29, 0.717) is 17.4 Å². The average molecular weight is 1190 g/mol. The van der Waals surface area contributed by atoms with Crippen LogP contribution >= 0.6 is 7.82 Å². The van der Waals surface area contributed by atoms with Crippen LogP contribution in [0.4, 0.5) is 0 Å². The van der Waals surface area contributed by atoms with Crippen molar-refractivity contribution in [2.45, 2.75) is 302 Å². The van der Waals surface area contributed by atoms with Crippen LogP contribution in [0.5, 0.6) is 0 Å². The van der Waals surface area contributed by atoms with Gasteiger partial charge in [0.1, 0.15) is 19.8 Å². The average Bonchev–Trinajstić information content (AvgIpc) is 3.61. The second kappa shape index (κ2) is 64.2. The molecule has 0 bridgehead atoms. The number of phosphoric acid groups is 1. The van der Waals surface area contributed by atoms with Crippen molar-refractivity contribution in [3.05, 3.63) is 109 Å². The van der Waals surface area contributed by atoms with Crippen LogP contribution in [0.1, 0.15) is 296 Å². The first kappa shape index (κ1) is 80.7. The maximum atomic E-state index is 12.8.